The van der Waals surface area contributed by atoms with E-state index < -0.39 is 0 Å². The van der Waals surface area contributed by atoms with Crippen molar-refractivity contribution in [2.24, 2.45) is 0 Å². The predicted octanol–water partition coefficient (Wildman–Crippen LogP) is 3.20. The van der Waals surface area contributed by atoms with Crippen molar-refractivity contribution in [1.29, 1.82) is 0 Å². The monoisotopic (exact) mass is 264 g/mol. The van der Waals surface area contributed by atoms with Crippen LogP contribution in [0.1, 0.15) is 12.0 Å². The molecule has 0 radical (unpaired) electrons. The van der Waals surface area contributed by atoms with Gasteiger partial charge in [-0.05, 0) is 24.1 Å². The van der Waals surface area contributed by atoms with E-state index in [0.29, 0.717) is 0 Å². The molecular formula is C13H13BrO. The molecule has 15 heavy (non-hydrogen) atoms. The molecule has 78 valence electrons. The number of aliphatic hydroxyl groups is 1. The van der Waals surface area contributed by atoms with Crippen molar-refractivity contribution in [3.05, 3.63) is 58.6 Å². The minimum atomic E-state index is -0.238. The van der Waals surface area contributed by atoms with Crippen LogP contribution in [0.3, 0.4) is 0 Å². The van der Waals surface area contributed by atoms with E-state index in [4.69, 9.17) is 0 Å². The summed E-state index contributed by atoms with van der Waals surface area (Å²) in [5.41, 5.74) is 0.915. The van der Waals surface area contributed by atoms with Gasteiger partial charge in [-0.1, -0.05) is 52.4 Å². The average Bonchev–Trinajstić information content (AvgIpc) is 2.30. The summed E-state index contributed by atoms with van der Waals surface area (Å²) >= 11 is 3.46. The number of allylic oxidation sites excluding steroid dienone is 3. The zero-order chi connectivity index (χ0) is 10.7. The van der Waals surface area contributed by atoms with Crippen LogP contribution < -0.4 is 0 Å². The lowest BCUT2D eigenvalue weighted by atomic mass is 9.76. The molecule has 0 aliphatic heterocycles. The zero-order valence-electron chi connectivity index (χ0n) is 8.36. The van der Waals surface area contributed by atoms with E-state index in [1.54, 1.807) is 0 Å². The van der Waals surface area contributed by atoms with Crippen molar-refractivity contribution in [3.8, 4) is 0 Å². The topological polar surface area (TPSA) is 20.2 Å². The van der Waals surface area contributed by atoms with Crippen LogP contribution in [0.25, 0.3) is 0 Å². The first kappa shape index (κ1) is 10.7. The third kappa shape index (κ3) is 2.06. The zero-order valence-corrected chi connectivity index (χ0v) is 9.94. The van der Waals surface area contributed by atoms with E-state index in [-0.39, 0.29) is 12.0 Å². The molecule has 0 spiro atoms. The third-order valence-electron chi connectivity index (χ3n) is 2.83. The summed E-state index contributed by atoms with van der Waals surface area (Å²) in [6.07, 6.45) is 9.05. The number of hydrogen-bond donors (Lipinski definition) is 1. The molecule has 2 heteroatoms. The van der Waals surface area contributed by atoms with Gasteiger partial charge in [-0.3, -0.25) is 0 Å². The Bertz CT molecular complexity index is 409. The van der Waals surface area contributed by atoms with Crippen molar-refractivity contribution in [3.63, 3.8) is 0 Å². The molecule has 1 aromatic rings. The van der Waals surface area contributed by atoms with Crippen LogP contribution in [0.2, 0.25) is 0 Å². The maximum atomic E-state index is 9.59. The second-order valence-corrected chi connectivity index (χ2v) is 4.73. The van der Waals surface area contributed by atoms with Gasteiger partial charge in [-0.2, -0.15) is 0 Å². The molecule has 1 nitrogen and oxygen atoms in total. The minimum Gasteiger partial charge on any atom is -0.395 e. The fraction of sp³-hybridized carbons (Fsp3) is 0.231. The molecule has 0 aromatic heterocycles. The van der Waals surface area contributed by atoms with E-state index in [9.17, 15) is 5.11 Å². The highest BCUT2D eigenvalue weighted by Crippen LogP contribution is 2.33. The number of aliphatic hydroxyl groups excluding tert-OH is 1. The highest BCUT2D eigenvalue weighted by molar-refractivity contribution is 9.10. The molecule has 1 aliphatic rings. The Labute approximate surface area is 98.3 Å². The summed E-state index contributed by atoms with van der Waals surface area (Å²) in [6, 6.07) is 8.13. The van der Waals surface area contributed by atoms with Crippen molar-refractivity contribution >= 4 is 15.9 Å². The molecule has 0 heterocycles. The van der Waals surface area contributed by atoms with Gasteiger partial charge in [-0.15, -0.1) is 0 Å². The molecule has 0 saturated heterocycles. The average molecular weight is 265 g/mol. The maximum absolute atomic E-state index is 9.59. The Kier molecular flexibility index (Phi) is 3.08. The van der Waals surface area contributed by atoms with E-state index in [1.165, 1.54) is 0 Å². The maximum Gasteiger partial charge on any atom is 0.0565 e. The number of rotatable bonds is 2. The normalized spacial score (nSPS) is 24.4. The molecule has 1 aromatic carbocycles. The number of hydrogen-bond acceptors (Lipinski definition) is 1. The van der Waals surface area contributed by atoms with Gasteiger partial charge >= 0.3 is 0 Å². The second kappa shape index (κ2) is 4.33. The largest absolute Gasteiger partial charge is 0.395 e. The molecule has 1 unspecified atom stereocenters. The Hall–Kier alpha value is -0.860. The van der Waals surface area contributed by atoms with Crippen LogP contribution in [0.5, 0.6) is 0 Å². The number of benzene rings is 1. The Morgan fingerprint density at radius 2 is 2.20 bits per heavy atom. The first-order chi connectivity index (χ1) is 7.27. The number of halogens is 1. The summed E-state index contributed by atoms with van der Waals surface area (Å²) < 4.78 is 1.05. The van der Waals surface area contributed by atoms with Crippen LogP contribution >= 0.6 is 15.9 Å². The quantitative estimate of drug-likeness (QED) is 0.870. The fourth-order valence-corrected chi connectivity index (χ4v) is 2.28. The second-order valence-electron chi connectivity index (χ2n) is 3.82. The summed E-state index contributed by atoms with van der Waals surface area (Å²) in [5, 5.41) is 9.59. The molecule has 1 atom stereocenters. The highest BCUT2D eigenvalue weighted by atomic mass is 79.9. The minimum absolute atomic E-state index is 0.143. The molecule has 0 saturated carbocycles. The first-order valence-corrected chi connectivity index (χ1v) is 5.77. The van der Waals surface area contributed by atoms with Crippen LogP contribution in [0, 0.1) is 0 Å². The van der Waals surface area contributed by atoms with Gasteiger partial charge in [0.15, 0.2) is 0 Å². The van der Waals surface area contributed by atoms with Crippen molar-refractivity contribution < 1.29 is 5.11 Å². The van der Waals surface area contributed by atoms with Gasteiger partial charge in [0.1, 0.15) is 0 Å². The summed E-state index contributed by atoms with van der Waals surface area (Å²) in [6.45, 7) is 0.143. The lowest BCUT2D eigenvalue weighted by Crippen LogP contribution is -2.28. The summed E-state index contributed by atoms with van der Waals surface area (Å²) in [4.78, 5) is 0. The van der Waals surface area contributed by atoms with E-state index in [1.807, 2.05) is 24.3 Å². The highest BCUT2D eigenvalue weighted by Gasteiger charge is 2.28. The van der Waals surface area contributed by atoms with Crippen molar-refractivity contribution in [2.75, 3.05) is 6.61 Å². The molecular weight excluding hydrogens is 252 g/mol. The SMILES string of the molecule is OCC1(c2cccc(Br)c2)C=CC=CC1. The standard InChI is InChI=1S/C13H13BrO/c14-12-6-4-5-11(9-12)13(10-15)7-2-1-3-8-13/h1-7,9,15H,8,10H2. The van der Waals surface area contributed by atoms with Gasteiger partial charge in [-0.25, -0.2) is 0 Å². The molecule has 1 N–H and O–H groups in total. The third-order valence-corrected chi connectivity index (χ3v) is 3.32. The van der Waals surface area contributed by atoms with Crippen molar-refractivity contribution in [1.82, 2.24) is 0 Å². The van der Waals surface area contributed by atoms with Crippen molar-refractivity contribution in [2.45, 2.75) is 11.8 Å². The predicted molar refractivity (Wildman–Crippen MR) is 65.8 cm³/mol. The Balaban J connectivity index is 2.42. The first-order valence-electron chi connectivity index (χ1n) is 4.98. The Morgan fingerprint density at radius 1 is 1.33 bits per heavy atom. The summed E-state index contributed by atoms with van der Waals surface area (Å²) in [7, 11) is 0. The van der Waals surface area contributed by atoms with E-state index in [2.05, 4.69) is 40.2 Å². The smallest absolute Gasteiger partial charge is 0.0565 e. The molecule has 1 aliphatic carbocycles. The molecule has 0 bridgehead atoms. The molecule has 0 fully saturated rings. The van der Waals surface area contributed by atoms with Crippen LogP contribution in [-0.4, -0.2) is 11.7 Å². The van der Waals surface area contributed by atoms with Gasteiger partial charge < -0.3 is 5.11 Å². The van der Waals surface area contributed by atoms with Gasteiger partial charge in [0, 0.05) is 9.89 Å². The summed E-state index contributed by atoms with van der Waals surface area (Å²) in [5.74, 6) is 0. The van der Waals surface area contributed by atoms with Crippen LogP contribution in [-0.2, 0) is 5.41 Å². The fourth-order valence-electron chi connectivity index (χ4n) is 1.89. The van der Waals surface area contributed by atoms with Crippen LogP contribution in [0.15, 0.2) is 53.0 Å². The molecule has 2 rings (SSSR count). The molecule has 0 amide bonds. The van der Waals surface area contributed by atoms with E-state index in [0.717, 1.165) is 16.5 Å². The van der Waals surface area contributed by atoms with Gasteiger partial charge in [0.05, 0.1) is 6.61 Å². The lowest BCUT2D eigenvalue weighted by molar-refractivity contribution is 0.225. The van der Waals surface area contributed by atoms with Gasteiger partial charge in [0.2, 0.25) is 0 Å². The Morgan fingerprint density at radius 3 is 2.80 bits per heavy atom. The van der Waals surface area contributed by atoms with Gasteiger partial charge in [0.25, 0.3) is 0 Å². The van der Waals surface area contributed by atoms with Crippen LogP contribution in [0.4, 0.5) is 0 Å². The lowest BCUT2D eigenvalue weighted by Gasteiger charge is -2.29. The van der Waals surface area contributed by atoms with E-state index >= 15 is 0 Å².